The van der Waals surface area contributed by atoms with Crippen LogP contribution in [-0.2, 0) is 0 Å². The zero-order valence-corrected chi connectivity index (χ0v) is 18.2. The number of hydrogen-bond donors (Lipinski definition) is 1. The maximum Gasteiger partial charge on any atom is 0.341 e. The molecule has 30 heavy (non-hydrogen) atoms. The van der Waals surface area contributed by atoms with Gasteiger partial charge in [-0.25, -0.2) is 9.78 Å². The predicted octanol–water partition coefficient (Wildman–Crippen LogP) is 4.32. The van der Waals surface area contributed by atoms with Gasteiger partial charge >= 0.3 is 5.97 Å². The summed E-state index contributed by atoms with van der Waals surface area (Å²) in [4.78, 5) is 30.7. The van der Waals surface area contributed by atoms with Crippen LogP contribution in [0.2, 0.25) is 0 Å². The van der Waals surface area contributed by atoms with E-state index in [0.717, 1.165) is 32.9 Å². The number of aromatic nitrogens is 2. The standard InChI is InChI=1S/C23H23N3O3S/c1-13-9-15(5-8-19(13)25(3)4)20-11-21(27)17(23(28)29)12-26(20)16-6-7-18-22(10-16)30-14(2)24-18/h5-8,10-13H,9H2,1-4H3,(H,28,29). The van der Waals surface area contributed by atoms with Crippen LogP contribution < -0.4 is 5.43 Å². The number of benzene rings is 1. The maximum absolute atomic E-state index is 12.5. The number of pyridine rings is 1. The molecule has 2 aromatic heterocycles. The normalized spacial score (nSPS) is 16.3. The molecule has 1 atom stereocenters. The molecule has 1 N–H and O–H groups in total. The Bertz CT molecular complexity index is 1280. The van der Waals surface area contributed by atoms with Gasteiger partial charge in [0.1, 0.15) is 5.56 Å². The Morgan fingerprint density at radius 2 is 2.03 bits per heavy atom. The number of hydrogen-bond acceptors (Lipinski definition) is 5. The molecule has 0 saturated heterocycles. The fourth-order valence-corrected chi connectivity index (χ4v) is 4.83. The molecular formula is C23H23N3O3S. The molecule has 0 amide bonds. The van der Waals surface area contributed by atoms with Gasteiger partial charge in [0, 0.05) is 43.7 Å². The minimum atomic E-state index is -1.23. The highest BCUT2D eigenvalue weighted by Gasteiger charge is 2.22. The van der Waals surface area contributed by atoms with Gasteiger partial charge in [0.25, 0.3) is 0 Å². The van der Waals surface area contributed by atoms with Crippen molar-refractivity contribution in [2.45, 2.75) is 20.3 Å². The first-order valence-corrected chi connectivity index (χ1v) is 10.5. The second-order valence-electron chi connectivity index (χ2n) is 7.78. The van der Waals surface area contributed by atoms with Crippen LogP contribution in [0.3, 0.4) is 0 Å². The molecule has 0 spiro atoms. The highest BCUT2D eigenvalue weighted by molar-refractivity contribution is 7.18. The molecule has 4 rings (SSSR count). The number of carboxylic acid groups (broad SMARTS) is 1. The van der Waals surface area contributed by atoms with Crippen molar-refractivity contribution < 1.29 is 9.90 Å². The number of carboxylic acids is 1. The number of aryl methyl sites for hydroxylation is 1. The third-order valence-corrected chi connectivity index (χ3v) is 6.30. The van der Waals surface area contributed by atoms with Gasteiger partial charge in [-0.2, -0.15) is 0 Å². The lowest BCUT2D eigenvalue weighted by Gasteiger charge is -2.28. The quantitative estimate of drug-likeness (QED) is 0.679. The monoisotopic (exact) mass is 421 g/mol. The lowest BCUT2D eigenvalue weighted by atomic mass is 9.90. The van der Waals surface area contributed by atoms with E-state index in [4.69, 9.17) is 0 Å². The smallest absolute Gasteiger partial charge is 0.341 e. The molecule has 0 bridgehead atoms. The largest absolute Gasteiger partial charge is 0.477 e. The number of thiazole rings is 1. The minimum absolute atomic E-state index is 0.242. The molecule has 0 aliphatic heterocycles. The number of fused-ring (bicyclic) bond motifs is 1. The summed E-state index contributed by atoms with van der Waals surface area (Å²) in [7, 11) is 4.04. The zero-order valence-electron chi connectivity index (χ0n) is 17.3. The molecule has 1 aromatic carbocycles. The first kappa shape index (κ1) is 20.1. The molecule has 0 radical (unpaired) electrons. The molecular weight excluding hydrogens is 398 g/mol. The Kier molecular flexibility index (Phi) is 5.07. The molecule has 3 aromatic rings. The topological polar surface area (TPSA) is 75.4 Å². The molecule has 6 nitrogen and oxygen atoms in total. The predicted molar refractivity (Wildman–Crippen MR) is 120 cm³/mol. The molecule has 0 fully saturated rings. The summed E-state index contributed by atoms with van der Waals surface area (Å²) in [6, 6.07) is 7.28. The first-order valence-electron chi connectivity index (χ1n) is 9.70. The molecule has 7 heteroatoms. The summed E-state index contributed by atoms with van der Waals surface area (Å²) in [5.74, 6) is -0.940. The van der Waals surface area contributed by atoms with Crippen LogP contribution in [0.4, 0.5) is 0 Å². The Morgan fingerprint density at radius 3 is 2.70 bits per heavy atom. The minimum Gasteiger partial charge on any atom is -0.477 e. The fraction of sp³-hybridized carbons (Fsp3) is 0.261. The van der Waals surface area contributed by atoms with E-state index in [-0.39, 0.29) is 11.5 Å². The van der Waals surface area contributed by atoms with Gasteiger partial charge in [0.05, 0.1) is 20.9 Å². The van der Waals surface area contributed by atoms with E-state index >= 15 is 0 Å². The van der Waals surface area contributed by atoms with Crippen molar-refractivity contribution in [2.75, 3.05) is 14.1 Å². The number of aromatic carboxylic acids is 1. The summed E-state index contributed by atoms with van der Waals surface area (Å²) in [6.07, 6.45) is 6.29. The fourth-order valence-electron chi connectivity index (χ4n) is 3.97. The van der Waals surface area contributed by atoms with Gasteiger partial charge in [-0.1, -0.05) is 13.0 Å². The van der Waals surface area contributed by atoms with Crippen molar-refractivity contribution in [1.29, 1.82) is 0 Å². The van der Waals surface area contributed by atoms with Gasteiger partial charge in [-0.05, 0) is 43.2 Å². The van der Waals surface area contributed by atoms with Gasteiger partial charge in [0.15, 0.2) is 5.43 Å². The SMILES string of the molecule is Cc1nc2ccc(-n3cc(C(=O)O)c(=O)cc3C3=CC=C(N(C)C)C(C)C3)cc2s1. The van der Waals surface area contributed by atoms with E-state index in [1.165, 1.54) is 18.0 Å². The zero-order chi connectivity index (χ0) is 21.6. The number of carbonyl (C=O) groups is 1. The Balaban J connectivity index is 1.93. The van der Waals surface area contributed by atoms with Gasteiger partial charge < -0.3 is 14.6 Å². The van der Waals surface area contributed by atoms with E-state index in [1.54, 1.807) is 11.3 Å². The van der Waals surface area contributed by atoms with Crippen LogP contribution >= 0.6 is 11.3 Å². The highest BCUT2D eigenvalue weighted by atomic mass is 32.1. The van der Waals surface area contributed by atoms with Crippen LogP contribution in [0.5, 0.6) is 0 Å². The summed E-state index contributed by atoms with van der Waals surface area (Å²) in [5.41, 5.74) is 3.92. The third-order valence-electron chi connectivity index (χ3n) is 5.37. The summed E-state index contributed by atoms with van der Waals surface area (Å²) < 4.78 is 2.83. The second kappa shape index (κ2) is 7.57. The lowest BCUT2D eigenvalue weighted by Crippen LogP contribution is -2.22. The Hall–Kier alpha value is -3.19. The molecule has 1 unspecified atom stereocenters. The van der Waals surface area contributed by atoms with Crippen molar-refractivity contribution in [1.82, 2.24) is 14.5 Å². The van der Waals surface area contributed by atoms with Crippen molar-refractivity contribution >= 4 is 33.1 Å². The summed E-state index contributed by atoms with van der Waals surface area (Å²) >= 11 is 1.59. The van der Waals surface area contributed by atoms with Crippen LogP contribution in [0.25, 0.3) is 21.5 Å². The molecule has 1 aliphatic rings. The van der Waals surface area contributed by atoms with E-state index in [0.29, 0.717) is 5.69 Å². The van der Waals surface area contributed by atoms with E-state index in [2.05, 4.69) is 22.9 Å². The number of allylic oxidation sites excluding steroid dienone is 4. The van der Waals surface area contributed by atoms with E-state index in [1.807, 2.05) is 49.9 Å². The van der Waals surface area contributed by atoms with Crippen LogP contribution in [-0.4, -0.2) is 39.6 Å². The third kappa shape index (κ3) is 3.57. The van der Waals surface area contributed by atoms with Crippen LogP contribution in [0, 0.1) is 12.8 Å². The lowest BCUT2D eigenvalue weighted by molar-refractivity contribution is 0.0694. The average molecular weight is 422 g/mol. The van der Waals surface area contributed by atoms with Crippen molar-refractivity contribution in [3.8, 4) is 5.69 Å². The molecule has 1 aliphatic carbocycles. The Labute approximate surface area is 178 Å². The Morgan fingerprint density at radius 1 is 1.27 bits per heavy atom. The van der Waals surface area contributed by atoms with Crippen molar-refractivity contribution in [2.24, 2.45) is 5.92 Å². The number of nitrogens with zero attached hydrogens (tertiary/aromatic N) is 3. The highest BCUT2D eigenvalue weighted by Crippen LogP contribution is 2.33. The van der Waals surface area contributed by atoms with Crippen molar-refractivity contribution in [3.05, 3.63) is 74.8 Å². The summed E-state index contributed by atoms with van der Waals surface area (Å²) in [6.45, 7) is 4.11. The van der Waals surface area contributed by atoms with Gasteiger partial charge in [-0.15, -0.1) is 11.3 Å². The second-order valence-corrected chi connectivity index (χ2v) is 9.01. The number of rotatable bonds is 4. The molecule has 2 heterocycles. The van der Waals surface area contributed by atoms with Crippen molar-refractivity contribution in [3.63, 3.8) is 0 Å². The van der Waals surface area contributed by atoms with Gasteiger partial charge in [0.2, 0.25) is 0 Å². The first-order chi connectivity index (χ1) is 14.2. The van der Waals surface area contributed by atoms with E-state index in [9.17, 15) is 14.7 Å². The van der Waals surface area contributed by atoms with E-state index < -0.39 is 11.4 Å². The van der Waals surface area contributed by atoms with Gasteiger partial charge in [-0.3, -0.25) is 4.79 Å². The van der Waals surface area contributed by atoms with Crippen LogP contribution in [0.1, 0.15) is 34.4 Å². The summed E-state index contributed by atoms with van der Waals surface area (Å²) in [5, 5.41) is 10.5. The maximum atomic E-state index is 12.5. The average Bonchev–Trinajstić information content (AvgIpc) is 3.06. The molecule has 0 saturated carbocycles. The van der Waals surface area contributed by atoms with Crippen LogP contribution in [0.15, 0.2) is 53.1 Å². The molecule has 154 valence electrons.